The van der Waals surface area contributed by atoms with Gasteiger partial charge in [0.1, 0.15) is 9.90 Å². The maximum Gasteiger partial charge on any atom is 0.272 e. The van der Waals surface area contributed by atoms with E-state index in [1.165, 1.54) is 18.4 Å². The van der Waals surface area contributed by atoms with Crippen molar-refractivity contribution in [1.29, 1.82) is 0 Å². The summed E-state index contributed by atoms with van der Waals surface area (Å²) in [6, 6.07) is 5.10. The van der Waals surface area contributed by atoms with Crippen molar-refractivity contribution < 1.29 is 13.2 Å². The van der Waals surface area contributed by atoms with E-state index >= 15 is 0 Å². The molecule has 0 aliphatic rings. The minimum atomic E-state index is -3.45. The average molecular weight is 413 g/mol. The highest BCUT2D eigenvalue weighted by molar-refractivity contribution is 7.91. The summed E-state index contributed by atoms with van der Waals surface area (Å²) in [5, 5.41) is 7.32. The highest BCUT2D eigenvalue weighted by Gasteiger charge is 2.24. The van der Waals surface area contributed by atoms with Crippen LogP contribution in [0, 0.1) is 0 Å². The van der Waals surface area contributed by atoms with Gasteiger partial charge in [-0.25, -0.2) is 12.7 Å². The maximum absolute atomic E-state index is 12.5. The van der Waals surface area contributed by atoms with Crippen molar-refractivity contribution in [2.75, 3.05) is 14.1 Å². The Balaban J connectivity index is 2.14. The minimum absolute atomic E-state index is 0.221. The smallest absolute Gasteiger partial charge is 0.272 e. The van der Waals surface area contributed by atoms with Crippen LogP contribution < -0.4 is 5.32 Å². The molecule has 2 rings (SSSR count). The zero-order valence-corrected chi connectivity index (χ0v) is 18.5. The monoisotopic (exact) mass is 412 g/mol. The molecule has 0 bridgehead atoms. The molecule has 0 radical (unpaired) electrons. The molecule has 1 N–H and O–H groups in total. The molecule has 2 aromatic heterocycles. The number of amides is 1. The summed E-state index contributed by atoms with van der Waals surface area (Å²) in [5.74, 6) is -0.0281. The molecule has 0 unspecified atom stereocenters. The molecule has 2 aromatic rings. The second kappa shape index (κ2) is 7.73. The van der Waals surface area contributed by atoms with E-state index in [1.807, 2.05) is 31.5 Å². The van der Waals surface area contributed by atoms with E-state index in [0.717, 1.165) is 21.9 Å². The summed E-state index contributed by atoms with van der Waals surface area (Å²) >= 11 is 1.15. The number of sulfonamides is 1. The van der Waals surface area contributed by atoms with Crippen LogP contribution in [-0.2, 0) is 22.1 Å². The first-order valence-corrected chi connectivity index (χ1v) is 11.0. The van der Waals surface area contributed by atoms with Gasteiger partial charge in [-0.15, -0.1) is 11.3 Å². The third-order valence-corrected chi connectivity index (χ3v) is 7.36. The molecule has 2 heterocycles. The van der Waals surface area contributed by atoms with Crippen LogP contribution in [-0.4, -0.2) is 42.5 Å². The summed E-state index contributed by atoms with van der Waals surface area (Å²) in [5.41, 5.74) is 1.15. The van der Waals surface area contributed by atoms with Gasteiger partial charge < -0.3 is 5.32 Å². The van der Waals surface area contributed by atoms with Crippen molar-refractivity contribution in [3.8, 4) is 0 Å². The zero-order chi connectivity index (χ0) is 20.6. The summed E-state index contributed by atoms with van der Waals surface area (Å²) in [6.07, 6.45) is 0. The molecular weight excluding hydrogens is 384 g/mol. The molecule has 0 aliphatic carbocycles. The van der Waals surface area contributed by atoms with Gasteiger partial charge in [0.05, 0.1) is 12.1 Å². The van der Waals surface area contributed by atoms with Crippen LogP contribution in [0.25, 0.3) is 0 Å². The van der Waals surface area contributed by atoms with Crippen molar-refractivity contribution in [3.63, 3.8) is 0 Å². The van der Waals surface area contributed by atoms with Crippen LogP contribution in [0.3, 0.4) is 0 Å². The third kappa shape index (κ3) is 4.77. The van der Waals surface area contributed by atoms with Crippen molar-refractivity contribution >= 4 is 27.3 Å². The number of thiophene rings is 1. The summed E-state index contributed by atoms with van der Waals surface area (Å²) in [4.78, 5) is 13.3. The third-order valence-electron chi connectivity index (χ3n) is 3.99. The molecule has 150 valence electrons. The molecule has 0 spiro atoms. The predicted octanol–water partition coefficient (Wildman–Crippen LogP) is 3.00. The van der Waals surface area contributed by atoms with Gasteiger partial charge >= 0.3 is 0 Å². The molecule has 0 saturated heterocycles. The van der Waals surface area contributed by atoms with Crippen LogP contribution in [0.5, 0.6) is 0 Å². The van der Waals surface area contributed by atoms with E-state index in [4.69, 9.17) is 0 Å². The number of carbonyl (C=O) groups excluding carboxylic acids is 1. The fourth-order valence-corrected chi connectivity index (χ4v) is 4.95. The molecular formula is C18H28N4O3S2. The van der Waals surface area contributed by atoms with E-state index in [1.54, 1.807) is 12.1 Å². The number of carbonyl (C=O) groups is 1. The molecule has 27 heavy (non-hydrogen) atoms. The van der Waals surface area contributed by atoms with E-state index in [0.29, 0.717) is 5.69 Å². The summed E-state index contributed by atoms with van der Waals surface area (Å²) in [6.45, 7) is 10.5. The van der Waals surface area contributed by atoms with Gasteiger partial charge in [-0.1, -0.05) is 13.8 Å². The van der Waals surface area contributed by atoms with E-state index < -0.39 is 10.0 Å². The molecule has 1 amide bonds. The van der Waals surface area contributed by atoms with Crippen molar-refractivity contribution in [2.24, 2.45) is 0 Å². The lowest BCUT2D eigenvalue weighted by atomic mass is 10.1. The van der Waals surface area contributed by atoms with Gasteiger partial charge in [0, 0.05) is 24.7 Å². The molecule has 0 fully saturated rings. The van der Waals surface area contributed by atoms with Crippen LogP contribution in [0.4, 0.5) is 0 Å². The fourth-order valence-electron chi connectivity index (χ4n) is 2.48. The summed E-state index contributed by atoms with van der Waals surface area (Å²) in [7, 11) is -0.463. The Hall–Kier alpha value is -1.71. The normalized spacial score (nSPS) is 12.8. The molecule has 7 nitrogen and oxygen atoms in total. The lowest BCUT2D eigenvalue weighted by Gasteiger charge is -2.23. The minimum Gasteiger partial charge on any atom is -0.346 e. The SMILES string of the molecule is CC(C)c1cc(C(=O)NCc2ccc(S(=O)(=O)N(C)C)s2)nn1C(C)(C)C. The first-order chi connectivity index (χ1) is 12.3. The first kappa shape index (κ1) is 21.6. The van der Waals surface area contributed by atoms with Gasteiger partial charge in [0.25, 0.3) is 15.9 Å². The largest absolute Gasteiger partial charge is 0.346 e. The molecule has 9 heteroatoms. The standard InChI is InChI=1S/C18H28N4O3S2/c1-12(2)15-10-14(20-22(15)18(3,4)5)17(23)19-11-13-8-9-16(26-13)27(24,25)21(6)7/h8-10,12H,11H2,1-7H3,(H,19,23). The van der Waals surface area contributed by atoms with E-state index in [-0.39, 0.29) is 28.1 Å². The van der Waals surface area contributed by atoms with Crippen molar-refractivity contribution in [2.45, 2.75) is 56.8 Å². The number of aromatic nitrogens is 2. The maximum atomic E-state index is 12.5. The topological polar surface area (TPSA) is 84.3 Å². The Kier molecular flexibility index (Phi) is 6.18. The highest BCUT2D eigenvalue weighted by Crippen LogP contribution is 2.25. The van der Waals surface area contributed by atoms with Crippen LogP contribution >= 0.6 is 11.3 Å². The molecule has 0 saturated carbocycles. The number of hydrogen-bond donors (Lipinski definition) is 1. The van der Waals surface area contributed by atoms with Gasteiger partial charge in [-0.3, -0.25) is 9.48 Å². The van der Waals surface area contributed by atoms with E-state index in [2.05, 4.69) is 24.3 Å². The van der Waals surface area contributed by atoms with Crippen LogP contribution in [0.15, 0.2) is 22.4 Å². The Morgan fingerprint density at radius 3 is 2.41 bits per heavy atom. The van der Waals surface area contributed by atoms with Gasteiger partial charge in [0.15, 0.2) is 0 Å². The van der Waals surface area contributed by atoms with Crippen molar-refractivity contribution in [1.82, 2.24) is 19.4 Å². The Morgan fingerprint density at radius 1 is 1.30 bits per heavy atom. The predicted molar refractivity (Wildman–Crippen MR) is 108 cm³/mol. The quantitative estimate of drug-likeness (QED) is 0.790. The number of nitrogens with zero attached hydrogens (tertiary/aromatic N) is 3. The average Bonchev–Trinajstić information content (AvgIpc) is 3.19. The molecule has 0 aromatic carbocycles. The second-order valence-electron chi connectivity index (χ2n) is 7.88. The van der Waals surface area contributed by atoms with Crippen LogP contribution in [0.2, 0.25) is 0 Å². The molecule has 0 atom stereocenters. The lowest BCUT2D eigenvalue weighted by molar-refractivity contribution is 0.0944. The number of hydrogen-bond acceptors (Lipinski definition) is 5. The Labute approximate surface area is 165 Å². The zero-order valence-electron chi connectivity index (χ0n) is 16.9. The Morgan fingerprint density at radius 2 is 1.93 bits per heavy atom. The highest BCUT2D eigenvalue weighted by atomic mass is 32.2. The lowest BCUT2D eigenvalue weighted by Crippen LogP contribution is -2.27. The Bertz CT molecular complexity index is 919. The fraction of sp³-hybridized carbons (Fsp3) is 0.556. The first-order valence-electron chi connectivity index (χ1n) is 8.74. The number of nitrogens with one attached hydrogen (secondary N) is 1. The number of rotatable bonds is 6. The van der Waals surface area contributed by atoms with Crippen molar-refractivity contribution in [3.05, 3.63) is 34.5 Å². The van der Waals surface area contributed by atoms with Crippen LogP contribution in [0.1, 0.15) is 61.6 Å². The summed E-state index contributed by atoms with van der Waals surface area (Å²) < 4.78 is 27.6. The van der Waals surface area contributed by atoms with Gasteiger partial charge in [-0.2, -0.15) is 5.10 Å². The van der Waals surface area contributed by atoms with Gasteiger partial charge in [-0.05, 0) is 44.9 Å². The van der Waals surface area contributed by atoms with Gasteiger partial charge in [0.2, 0.25) is 0 Å². The van der Waals surface area contributed by atoms with E-state index in [9.17, 15) is 13.2 Å². The molecule has 0 aliphatic heterocycles. The second-order valence-corrected chi connectivity index (χ2v) is 11.4.